The zero-order valence-corrected chi connectivity index (χ0v) is 19.2. The minimum atomic E-state index is -0.695. The Morgan fingerprint density at radius 1 is 1.06 bits per heavy atom. The molecule has 4 rings (SSSR count). The Hall–Kier alpha value is -2.26. The lowest BCUT2D eigenvalue weighted by Crippen LogP contribution is -2.45. The highest BCUT2D eigenvalue weighted by Gasteiger charge is 2.57. The standard InChI is InChI=1S/C23H29BF2N2O4/c1-14-8-18(25)21(27-12-14)30-7-6-15-9-16(15)11-23(4)22(2,3)31-24(32-23)17-10-19(26)20(29-5)28-13-17/h8,10,12-13,15-16H,6-7,9,11H2,1-5H3/t15?,16-,23?/m1/s1. The molecule has 172 valence electrons. The summed E-state index contributed by atoms with van der Waals surface area (Å²) in [6, 6.07) is 2.76. The van der Waals surface area contributed by atoms with Crippen LogP contribution in [0.3, 0.4) is 0 Å². The first kappa shape index (κ1) is 22.9. The van der Waals surface area contributed by atoms with E-state index in [9.17, 15) is 8.78 Å². The molecule has 0 amide bonds. The fourth-order valence-electron chi connectivity index (χ4n) is 4.29. The average molecular weight is 446 g/mol. The molecule has 0 spiro atoms. The van der Waals surface area contributed by atoms with Crippen molar-refractivity contribution in [1.29, 1.82) is 0 Å². The van der Waals surface area contributed by atoms with Crippen LogP contribution in [0.1, 0.15) is 45.6 Å². The van der Waals surface area contributed by atoms with E-state index in [2.05, 4.69) is 9.97 Å². The molecule has 32 heavy (non-hydrogen) atoms. The van der Waals surface area contributed by atoms with E-state index in [1.54, 1.807) is 13.1 Å². The molecule has 3 atom stereocenters. The van der Waals surface area contributed by atoms with Gasteiger partial charge in [-0.1, -0.05) is 0 Å². The van der Waals surface area contributed by atoms with E-state index >= 15 is 0 Å². The molecule has 2 aromatic rings. The molecule has 2 fully saturated rings. The van der Waals surface area contributed by atoms with Crippen LogP contribution < -0.4 is 14.9 Å². The average Bonchev–Trinajstić information content (AvgIpc) is 3.40. The van der Waals surface area contributed by atoms with Gasteiger partial charge in [-0.05, 0) is 76.5 Å². The first-order valence-corrected chi connectivity index (χ1v) is 10.9. The van der Waals surface area contributed by atoms with E-state index < -0.39 is 30.0 Å². The highest BCUT2D eigenvalue weighted by atomic mass is 19.1. The predicted octanol–water partition coefficient (Wildman–Crippen LogP) is 3.85. The summed E-state index contributed by atoms with van der Waals surface area (Å²) < 4.78 is 50.9. The van der Waals surface area contributed by atoms with Crippen LogP contribution in [-0.2, 0) is 9.31 Å². The van der Waals surface area contributed by atoms with Crippen LogP contribution in [0.5, 0.6) is 11.8 Å². The van der Waals surface area contributed by atoms with E-state index in [1.807, 2.05) is 20.8 Å². The van der Waals surface area contributed by atoms with Crippen LogP contribution in [0.15, 0.2) is 24.5 Å². The Bertz CT molecular complexity index is 992. The molecule has 1 aliphatic heterocycles. The molecule has 0 radical (unpaired) electrons. The van der Waals surface area contributed by atoms with Crippen molar-refractivity contribution in [2.45, 2.75) is 58.2 Å². The molecule has 0 aromatic carbocycles. The van der Waals surface area contributed by atoms with Gasteiger partial charge in [0.15, 0.2) is 11.6 Å². The lowest BCUT2D eigenvalue weighted by atomic mass is 9.80. The number of ether oxygens (including phenoxy) is 2. The molecule has 3 heterocycles. The fourth-order valence-corrected chi connectivity index (χ4v) is 4.29. The molecule has 1 aliphatic carbocycles. The zero-order chi connectivity index (χ0) is 23.1. The van der Waals surface area contributed by atoms with Crippen molar-refractivity contribution >= 4 is 12.6 Å². The number of aromatic nitrogens is 2. The molecule has 9 heteroatoms. The normalized spacial score (nSPS) is 26.3. The van der Waals surface area contributed by atoms with Crippen LogP contribution in [0, 0.1) is 30.4 Å². The quantitative estimate of drug-likeness (QED) is 0.575. The second-order valence-electron chi connectivity index (χ2n) is 9.47. The molecule has 1 saturated heterocycles. The maximum Gasteiger partial charge on any atom is 0.496 e. The molecule has 2 aromatic heterocycles. The topological polar surface area (TPSA) is 62.7 Å². The third-order valence-electron chi connectivity index (χ3n) is 6.73. The van der Waals surface area contributed by atoms with E-state index in [-0.39, 0.29) is 11.8 Å². The van der Waals surface area contributed by atoms with Crippen LogP contribution in [0.2, 0.25) is 0 Å². The summed E-state index contributed by atoms with van der Waals surface area (Å²) >= 11 is 0. The van der Waals surface area contributed by atoms with Gasteiger partial charge in [-0.2, -0.15) is 0 Å². The number of aryl methyl sites for hydroxylation is 1. The van der Waals surface area contributed by atoms with Crippen molar-refractivity contribution < 1.29 is 27.6 Å². The van der Waals surface area contributed by atoms with E-state index in [0.717, 1.165) is 24.8 Å². The summed E-state index contributed by atoms with van der Waals surface area (Å²) in [6.07, 6.45) is 5.81. The number of hydrogen-bond donors (Lipinski definition) is 0. The lowest BCUT2D eigenvalue weighted by molar-refractivity contribution is -0.0206. The van der Waals surface area contributed by atoms with Gasteiger partial charge in [0.1, 0.15) is 0 Å². The smallest absolute Gasteiger partial charge is 0.479 e. The maximum atomic E-state index is 14.1. The minimum absolute atomic E-state index is 0.0524. The second-order valence-corrected chi connectivity index (χ2v) is 9.47. The monoisotopic (exact) mass is 446 g/mol. The third kappa shape index (κ3) is 4.59. The van der Waals surface area contributed by atoms with Crippen molar-refractivity contribution in [3.05, 3.63) is 41.7 Å². The minimum Gasteiger partial charge on any atom is -0.479 e. The van der Waals surface area contributed by atoms with Crippen LogP contribution in [0.25, 0.3) is 0 Å². The van der Waals surface area contributed by atoms with Gasteiger partial charge >= 0.3 is 7.12 Å². The van der Waals surface area contributed by atoms with Crippen molar-refractivity contribution in [2.24, 2.45) is 11.8 Å². The first-order valence-electron chi connectivity index (χ1n) is 10.9. The Kier molecular flexibility index (Phi) is 6.16. The Morgan fingerprint density at radius 2 is 1.78 bits per heavy atom. The highest BCUT2D eigenvalue weighted by Crippen LogP contribution is 2.51. The van der Waals surface area contributed by atoms with E-state index in [4.69, 9.17) is 18.8 Å². The number of pyridine rings is 2. The number of nitrogens with zero attached hydrogens (tertiary/aromatic N) is 2. The number of halogens is 2. The lowest BCUT2D eigenvalue weighted by Gasteiger charge is -2.36. The van der Waals surface area contributed by atoms with Gasteiger partial charge in [0, 0.05) is 17.9 Å². The van der Waals surface area contributed by atoms with Gasteiger partial charge in [0.25, 0.3) is 0 Å². The van der Waals surface area contributed by atoms with Crippen molar-refractivity contribution in [3.8, 4) is 11.8 Å². The van der Waals surface area contributed by atoms with Crippen LogP contribution >= 0.6 is 0 Å². The summed E-state index contributed by atoms with van der Waals surface area (Å²) in [5.41, 5.74) is 0.178. The van der Waals surface area contributed by atoms with Gasteiger partial charge in [0.05, 0.1) is 24.9 Å². The summed E-state index contributed by atoms with van der Waals surface area (Å²) in [7, 11) is 0.678. The number of rotatable bonds is 8. The fraction of sp³-hybridized carbons (Fsp3) is 0.565. The van der Waals surface area contributed by atoms with E-state index in [0.29, 0.717) is 23.9 Å². The molecular formula is C23H29BF2N2O4. The molecule has 0 bridgehead atoms. The summed E-state index contributed by atoms with van der Waals surface area (Å²) in [6.45, 7) is 8.24. The van der Waals surface area contributed by atoms with Gasteiger partial charge in [-0.25, -0.2) is 18.7 Å². The first-order chi connectivity index (χ1) is 15.1. The molecule has 1 saturated carbocycles. The van der Waals surface area contributed by atoms with Crippen molar-refractivity contribution in [1.82, 2.24) is 9.97 Å². The SMILES string of the molecule is COc1ncc(B2OC(C)(C)C(C)(C[C@H]3CC3CCOc3ncc(C)cc3F)O2)cc1F. The largest absolute Gasteiger partial charge is 0.496 e. The zero-order valence-electron chi connectivity index (χ0n) is 19.2. The summed E-state index contributed by atoms with van der Waals surface area (Å²) in [5, 5.41) is 0. The Balaban J connectivity index is 1.32. The van der Waals surface area contributed by atoms with Gasteiger partial charge in [-0.15, -0.1) is 0 Å². The maximum absolute atomic E-state index is 14.1. The van der Waals surface area contributed by atoms with Crippen molar-refractivity contribution in [2.75, 3.05) is 13.7 Å². The number of methoxy groups -OCH3 is 1. The van der Waals surface area contributed by atoms with Crippen LogP contribution in [0.4, 0.5) is 8.78 Å². The molecule has 2 aliphatic rings. The summed E-state index contributed by atoms with van der Waals surface area (Å²) in [4.78, 5) is 8.00. The van der Waals surface area contributed by atoms with Crippen LogP contribution in [-0.4, -0.2) is 42.0 Å². The molecule has 2 unspecified atom stereocenters. The molecular weight excluding hydrogens is 417 g/mol. The van der Waals surface area contributed by atoms with Gasteiger partial charge in [0.2, 0.25) is 11.8 Å². The molecule has 6 nitrogen and oxygen atoms in total. The predicted molar refractivity (Wildman–Crippen MR) is 116 cm³/mol. The van der Waals surface area contributed by atoms with E-state index in [1.165, 1.54) is 25.4 Å². The Labute approximate surface area is 187 Å². The Morgan fingerprint density at radius 3 is 2.47 bits per heavy atom. The highest BCUT2D eigenvalue weighted by molar-refractivity contribution is 6.62. The molecule has 0 N–H and O–H groups in total. The number of hydrogen-bond acceptors (Lipinski definition) is 6. The van der Waals surface area contributed by atoms with Crippen molar-refractivity contribution in [3.63, 3.8) is 0 Å². The summed E-state index contributed by atoms with van der Waals surface area (Å²) in [5.74, 6) is -0.0382. The second kappa shape index (κ2) is 8.59. The van der Waals surface area contributed by atoms with Gasteiger partial charge < -0.3 is 18.8 Å². The third-order valence-corrected chi connectivity index (χ3v) is 6.73. The van der Waals surface area contributed by atoms with Gasteiger partial charge in [-0.3, -0.25) is 0 Å².